The van der Waals surface area contributed by atoms with Crippen LogP contribution in [0.25, 0.3) is 10.8 Å². The molecule has 2 saturated heterocycles. The van der Waals surface area contributed by atoms with Crippen LogP contribution in [0, 0.1) is 27.0 Å². The number of hydrogen-bond donors (Lipinski definition) is 35. The third kappa shape index (κ3) is 43.7. The van der Waals surface area contributed by atoms with Gasteiger partial charge >= 0.3 is 6.03 Å². The standard InChI is InChI=1S/C90H142N34O17S2/c91-35-5-3-17-59-75(131)118-64(18-4-6-36-92)84(140)124-43-13-24-70(124)83(139)121-66(46-51-28-33-56(126)34-29-51)79(135)117-62(22-11-41-110-89(103)104)74(130)115-63(23-12-42-111-90(105)141)77(133)122-68(81(137)112-58(71(94)127)19-8-38-107-86(97)98)48-142-143-49-69(82(138)120-65(45-50-26-31-55(125)32-27-50)78(134)116-61(73(129)114-59)21-10-40-109-88(101)102)123-80(136)67(47-52-25-30-53-14-1-2-15-54(53)44-52)119-76(132)60(20-9-39-108-87(99)100)113-72(128)57(93)16-7-37-106-85(95)96/h1-2,14-15,25-34,44,57-70,125-126H,3-13,16-24,35-43,45-49,91-93H2,(H2,94,127)(H,112,137)(H,113,128)(H,114,129)(H,115,130)(H,116,134)(H,117,135)(H,118,131)(H,119,132)(H,120,138)(H,121,139)(H,122,133)(H,123,136)(H4,95,96,106)(H4,97,98,107)(H4,99,100,108)(H4,101,102,109)(H4,103,104,110)(H3,105,111,141)/t57-,58-,59-,60-,61-,62-,63-,64+,65-,66-,67-,68-,69-,70-/m0/s1. The van der Waals surface area contributed by atoms with E-state index in [2.05, 4.69) is 95.7 Å². The maximum absolute atomic E-state index is 16.0. The monoisotopic (exact) mass is 2040 g/mol. The topological polar surface area (TPSA) is 896 Å². The Labute approximate surface area is 835 Å². The first-order valence-electron chi connectivity index (χ1n) is 47.3. The van der Waals surface area contributed by atoms with Gasteiger partial charge in [-0.05, 0) is 193 Å². The van der Waals surface area contributed by atoms with Crippen LogP contribution >= 0.6 is 21.6 Å². The number of phenolic OH excluding ortho intramolecular Hbond substituents is 2. The highest BCUT2D eigenvalue weighted by atomic mass is 33.1. The van der Waals surface area contributed by atoms with E-state index >= 15 is 57.5 Å². The summed E-state index contributed by atoms with van der Waals surface area (Å²) in [5.74, 6) is -17.6. The van der Waals surface area contributed by atoms with Crippen molar-refractivity contribution < 1.29 is 82.1 Å². The zero-order valence-corrected chi connectivity index (χ0v) is 81.5. The predicted molar refractivity (Wildman–Crippen MR) is 540 cm³/mol. The van der Waals surface area contributed by atoms with Crippen molar-refractivity contribution >= 4 is 151 Å². The summed E-state index contributed by atoms with van der Waals surface area (Å²) in [6, 6.07) is 0.00999. The molecule has 2 heterocycles. The Kier molecular flexibility index (Phi) is 51.4. The number of carbonyl (C=O) groups is 15. The normalized spacial score (nSPS) is 20.2. The Morgan fingerprint density at radius 1 is 0.406 bits per heavy atom. The lowest BCUT2D eigenvalue weighted by Crippen LogP contribution is -2.61. The minimum atomic E-state index is -1.89. The van der Waals surface area contributed by atoms with Gasteiger partial charge in [-0.15, -0.1) is 0 Å². The second-order valence-electron chi connectivity index (χ2n) is 34.5. The van der Waals surface area contributed by atoms with E-state index in [1.165, 1.54) is 53.4 Å². The number of primary amides is 2. The molecule has 0 radical (unpaired) electrons. The van der Waals surface area contributed by atoms with Crippen LogP contribution in [0.5, 0.6) is 11.5 Å². The Morgan fingerprint density at radius 3 is 1.28 bits per heavy atom. The number of phenols is 2. The molecule has 4 aromatic rings. The lowest BCUT2D eigenvalue weighted by Gasteiger charge is -2.31. The minimum absolute atomic E-state index is 0.00784. The second-order valence-corrected chi connectivity index (χ2v) is 37.1. The Bertz CT molecular complexity index is 4970. The number of urea groups is 1. The largest absolute Gasteiger partial charge is 0.508 e. The Morgan fingerprint density at radius 2 is 0.804 bits per heavy atom. The van der Waals surface area contributed by atoms with Crippen molar-refractivity contribution in [3.63, 3.8) is 0 Å². The molecule has 2 aliphatic heterocycles. The van der Waals surface area contributed by atoms with Gasteiger partial charge in [0.2, 0.25) is 82.7 Å². The van der Waals surface area contributed by atoms with Crippen LogP contribution in [0.3, 0.4) is 0 Å². The van der Waals surface area contributed by atoms with E-state index in [1.54, 1.807) is 36.4 Å². The molecule has 53 heteroatoms. The summed E-state index contributed by atoms with van der Waals surface area (Å²) in [4.78, 5) is 226. The van der Waals surface area contributed by atoms with E-state index < -0.39 is 215 Å². The molecule has 2 fully saturated rings. The van der Waals surface area contributed by atoms with Gasteiger partial charge in [-0.25, -0.2) is 4.79 Å². The smallest absolute Gasteiger partial charge is 0.312 e. The minimum Gasteiger partial charge on any atom is -0.508 e. The van der Waals surface area contributed by atoms with E-state index in [0.29, 0.717) is 29.4 Å². The molecule has 0 aliphatic carbocycles. The molecule has 0 spiro atoms. The summed E-state index contributed by atoms with van der Waals surface area (Å²) in [5.41, 5.74) is 58.8. The van der Waals surface area contributed by atoms with Crippen LogP contribution in [0.4, 0.5) is 4.79 Å². The van der Waals surface area contributed by atoms with Gasteiger partial charge in [-0.1, -0.05) is 88.3 Å². The Balaban J connectivity index is 1.61. The maximum Gasteiger partial charge on any atom is 0.312 e. The number of benzene rings is 4. The van der Waals surface area contributed by atoms with Gasteiger partial charge in [0.1, 0.15) is 90.0 Å². The third-order valence-corrected chi connectivity index (χ3v) is 25.6. The fraction of sp³-hybridized carbons (Fsp3) is 0.533. The summed E-state index contributed by atoms with van der Waals surface area (Å²) in [6.07, 6.45) is -1.04. The summed E-state index contributed by atoms with van der Waals surface area (Å²) >= 11 is 0. The lowest BCUT2D eigenvalue weighted by molar-refractivity contribution is -0.142. The number of guanidine groups is 5. The van der Waals surface area contributed by atoms with Crippen molar-refractivity contribution in [3.05, 3.63) is 108 Å². The van der Waals surface area contributed by atoms with Crippen LogP contribution in [0.2, 0.25) is 0 Å². The quantitative estimate of drug-likeness (QED) is 0.00846. The molecule has 2 aliphatic rings. The van der Waals surface area contributed by atoms with Crippen LogP contribution in [0.1, 0.15) is 145 Å². The average Bonchev–Trinajstić information content (AvgIpc) is 1.48. The predicted octanol–water partition coefficient (Wildman–Crippen LogP) is -6.68. The average molecular weight is 2040 g/mol. The molecule has 14 atom stereocenters. The third-order valence-electron chi connectivity index (χ3n) is 23.1. The number of rotatable bonds is 47. The molecular formula is C90H142N34O17S2. The fourth-order valence-electron chi connectivity index (χ4n) is 15.5. The molecule has 4 aromatic carbocycles. The van der Waals surface area contributed by atoms with E-state index in [-0.39, 0.29) is 210 Å². The van der Waals surface area contributed by atoms with Gasteiger partial charge in [-0.2, -0.15) is 0 Å². The molecule has 143 heavy (non-hydrogen) atoms. The molecule has 0 saturated carbocycles. The zero-order chi connectivity index (χ0) is 105. The maximum atomic E-state index is 16.0. The summed E-state index contributed by atoms with van der Waals surface area (Å²) in [6.45, 7) is 0.0619. The van der Waals surface area contributed by atoms with Gasteiger partial charge in [0.25, 0.3) is 0 Å². The van der Waals surface area contributed by atoms with Crippen molar-refractivity contribution in [1.82, 2.24) is 101 Å². The molecule has 786 valence electrons. The first-order chi connectivity index (χ1) is 68.2. The van der Waals surface area contributed by atoms with Gasteiger partial charge < -0.3 is 168 Å². The van der Waals surface area contributed by atoms with Crippen molar-refractivity contribution in [2.45, 2.75) is 232 Å². The van der Waals surface area contributed by atoms with Crippen LogP contribution in [0.15, 0.2) is 91.0 Å². The molecule has 51 nitrogen and oxygen atoms in total. The van der Waals surface area contributed by atoms with Crippen LogP contribution in [-0.2, 0) is 86.4 Å². The molecule has 0 bridgehead atoms. The number of carbonyl (C=O) groups excluding carboxylic acids is 15. The van der Waals surface area contributed by atoms with Crippen molar-refractivity contribution in [2.24, 2.45) is 57.3 Å². The molecule has 0 aromatic heterocycles. The van der Waals surface area contributed by atoms with Gasteiger partial charge in [-0.3, -0.25) is 94.2 Å². The molecular weight excluding hydrogens is 1890 g/mol. The summed E-state index contributed by atoms with van der Waals surface area (Å²) < 4.78 is 0. The van der Waals surface area contributed by atoms with Gasteiger partial charge in [0.15, 0.2) is 29.8 Å². The number of nitrogens with zero attached hydrogens (tertiary/aromatic N) is 1. The first-order valence-corrected chi connectivity index (χ1v) is 49.8. The highest BCUT2D eigenvalue weighted by Crippen LogP contribution is 2.27. The molecule has 45 N–H and O–H groups in total. The van der Waals surface area contributed by atoms with E-state index in [9.17, 15) is 24.6 Å². The summed E-state index contributed by atoms with van der Waals surface area (Å²) in [5, 5.41) is 109. The highest BCUT2D eigenvalue weighted by Gasteiger charge is 2.43. The molecule has 16 amide bonds. The second kappa shape index (κ2) is 62.6. The number of nitrogens with one attached hydrogen (secondary N) is 23. The highest BCUT2D eigenvalue weighted by molar-refractivity contribution is 8.76. The number of aromatic hydroxyl groups is 2. The molecule has 0 unspecified atom stereocenters. The van der Waals surface area contributed by atoms with Crippen LogP contribution in [-0.4, -0.2) is 289 Å². The number of hydrogen-bond acceptors (Lipinski definition) is 27. The van der Waals surface area contributed by atoms with E-state index in [0.717, 1.165) is 27.0 Å². The zero-order valence-electron chi connectivity index (χ0n) is 79.8. The molecule has 6 rings (SSSR count). The number of fused-ring (bicyclic) bond motifs is 2. The SMILES string of the molecule is N=C(N)NCCC[C@H](NC(=O)[C@@H]1CSSC[C@H](NC(=O)[C@H](Cc2ccc3ccccc3c2)NC(=O)[C@H](CCCNC(=N)N)NC(=O)[C@@H](N)CCCNC(=N)N)C(=O)N[C@@H](Cc2ccc(O)cc2)C(=O)N[C@@H](CCCNC(=N)N)C(=O)N[C@@H](CCCCN)C(=O)N[C@H](CCCCN)C(=O)N2CCC[C@H]2C(=O)N[C@@H](Cc2ccc(O)cc2)C(=O)N[C@@H](CCCNC(=N)N)C(=O)N[C@@H](CCCNC(N)=O)C(=O)N1)C(N)=O. The van der Waals surface area contributed by atoms with Crippen molar-refractivity contribution in [2.75, 3.05) is 70.4 Å². The number of unbranched alkanes of at least 4 members (excludes halogenated alkanes) is 2. The summed E-state index contributed by atoms with van der Waals surface area (Å²) in [7, 11) is 1.53. The Hall–Kier alpha value is -14.5. The number of amides is 16. The van der Waals surface area contributed by atoms with Crippen molar-refractivity contribution in [3.8, 4) is 11.5 Å². The van der Waals surface area contributed by atoms with Crippen LogP contribution < -0.4 is 153 Å². The van der Waals surface area contributed by atoms with Gasteiger partial charge in [0.05, 0.1) is 6.04 Å². The lowest BCUT2D eigenvalue weighted by atomic mass is 10.00. The first kappa shape index (κ1) is 117. The number of nitrogens with two attached hydrogens (primary N) is 10. The fourth-order valence-corrected chi connectivity index (χ4v) is 17.8. The van der Waals surface area contributed by atoms with Gasteiger partial charge in [0, 0.05) is 76.6 Å². The van der Waals surface area contributed by atoms with E-state index in [4.69, 9.17) is 84.4 Å². The van der Waals surface area contributed by atoms with Crippen molar-refractivity contribution in [1.29, 1.82) is 27.0 Å². The van der Waals surface area contributed by atoms with E-state index in [1.807, 2.05) is 6.07 Å².